The lowest BCUT2D eigenvalue weighted by Gasteiger charge is -2.14. The van der Waals surface area contributed by atoms with Crippen LogP contribution < -0.4 is 10.9 Å². The first-order valence-corrected chi connectivity index (χ1v) is 5.31. The van der Waals surface area contributed by atoms with Gasteiger partial charge in [-0.1, -0.05) is 11.6 Å². The first-order chi connectivity index (χ1) is 8.09. The van der Waals surface area contributed by atoms with Crippen LogP contribution in [0.15, 0.2) is 17.3 Å². The third-order valence-electron chi connectivity index (χ3n) is 2.30. The summed E-state index contributed by atoms with van der Waals surface area (Å²) < 4.78 is 1.78. The molecule has 7 nitrogen and oxygen atoms in total. The Bertz CT molecular complexity index is 577. The molecule has 0 amide bonds. The average molecular weight is 255 g/mol. The Morgan fingerprint density at radius 2 is 2.35 bits per heavy atom. The average Bonchev–Trinajstić information content (AvgIpc) is 2.71. The van der Waals surface area contributed by atoms with E-state index in [1.54, 1.807) is 10.9 Å². The molecule has 90 valence electrons. The van der Waals surface area contributed by atoms with Gasteiger partial charge in [-0.05, 0) is 6.92 Å². The lowest BCUT2D eigenvalue weighted by molar-refractivity contribution is 0.718. The van der Waals surface area contributed by atoms with E-state index >= 15 is 0 Å². The highest BCUT2D eigenvalue weighted by molar-refractivity contribution is 6.32. The molecule has 0 spiro atoms. The predicted molar refractivity (Wildman–Crippen MR) is 62.9 cm³/mol. The van der Waals surface area contributed by atoms with E-state index < -0.39 is 5.56 Å². The summed E-state index contributed by atoms with van der Waals surface area (Å²) >= 11 is 5.85. The molecule has 0 aliphatic carbocycles. The maximum Gasteiger partial charge on any atom is 0.285 e. The van der Waals surface area contributed by atoms with E-state index in [0.29, 0.717) is 5.69 Å². The molecule has 0 aromatic carbocycles. The summed E-state index contributed by atoms with van der Waals surface area (Å²) in [4.78, 5) is 11.3. The minimum absolute atomic E-state index is 0.0778. The van der Waals surface area contributed by atoms with Crippen molar-refractivity contribution >= 4 is 17.3 Å². The van der Waals surface area contributed by atoms with Crippen LogP contribution in [0.5, 0.6) is 0 Å². The number of hydrogen-bond donors (Lipinski definition) is 2. The Morgan fingerprint density at radius 3 is 3.00 bits per heavy atom. The monoisotopic (exact) mass is 254 g/mol. The van der Waals surface area contributed by atoms with Gasteiger partial charge in [-0.3, -0.25) is 4.79 Å². The molecule has 2 rings (SSSR count). The van der Waals surface area contributed by atoms with Crippen LogP contribution in [-0.2, 0) is 7.05 Å². The number of hydrogen-bond acceptors (Lipinski definition) is 5. The molecule has 0 aliphatic heterocycles. The van der Waals surface area contributed by atoms with Gasteiger partial charge in [-0.25, -0.2) is 5.10 Å². The zero-order chi connectivity index (χ0) is 12.4. The van der Waals surface area contributed by atoms with Crippen molar-refractivity contribution in [3.05, 3.63) is 33.7 Å². The molecule has 2 aromatic rings. The van der Waals surface area contributed by atoms with Gasteiger partial charge in [-0.15, -0.1) is 10.2 Å². The van der Waals surface area contributed by atoms with E-state index in [2.05, 4.69) is 25.7 Å². The second-order valence-corrected chi connectivity index (χ2v) is 3.97. The molecule has 0 saturated heterocycles. The van der Waals surface area contributed by atoms with Gasteiger partial charge in [0.2, 0.25) is 0 Å². The summed E-state index contributed by atoms with van der Waals surface area (Å²) in [6.07, 6.45) is 3.06. The van der Waals surface area contributed by atoms with Gasteiger partial charge in [0.1, 0.15) is 11.3 Å². The largest absolute Gasteiger partial charge is 0.373 e. The van der Waals surface area contributed by atoms with Crippen LogP contribution >= 0.6 is 11.6 Å². The zero-order valence-corrected chi connectivity index (χ0v) is 10.1. The van der Waals surface area contributed by atoms with Crippen LogP contribution in [0.2, 0.25) is 5.02 Å². The molecule has 2 heterocycles. The number of aromatic nitrogens is 5. The van der Waals surface area contributed by atoms with Crippen molar-refractivity contribution in [2.45, 2.75) is 13.0 Å². The van der Waals surface area contributed by atoms with E-state index in [1.807, 2.05) is 14.0 Å². The Hall–Kier alpha value is -1.89. The number of H-pyrrole nitrogens is 1. The van der Waals surface area contributed by atoms with E-state index in [0.717, 1.165) is 5.82 Å². The third kappa shape index (κ3) is 2.28. The van der Waals surface area contributed by atoms with Crippen molar-refractivity contribution in [2.24, 2.45) is 7.05 Å². The SMILES string of the molecule is CC(Nc1cn[nH]c(=O)c1Cl)c1nncn1C. The van der Waals surface area contributed by atoms with E-state index in [-0.39, 0.29) is 11.1 Å². The first-order valence-electron chi connectivity index (χ1n) is 4.93. The summed E-state index contributed by atoms with van der Waals surface area (Å²) in [6.45, 7) is 1.89. The Morgan fingerprint density at radius 1 is 1.59 bits per heavy atom. The number of nitrogens with zero attached hydrogens (tertiary/aromatic N) is 4. The number of anilines is 1. The fraction of sp³-hybridized carbons (Fsp3) is 0.333. The van der Waals surface area contributed by atoms with Crippen molar-refractivity contribution in [2.75, 3.05) is 5.32 Å². The van der Waals surface area contributed by atoms with Crippen LogP contribution in [0, 0.1) is 0 Å². The summed E-state index contributed by atoms with van der Waals surface area (Å²) in [6, 6.07) is -0.136. The van der Waals surface area contributed by atoms with Crippen LogP contribution in [0.4, 0.5) is 5.69 Å². The summed E-state index contributed by atoms with van der Waals surface area (Å²) in [7, 11) is 1.84. The molecule has 0 bridgehead atoms. The number of aromatic amines is 1. The molecule has 2 aromatic heterocycles. The number of nitrogens with one attached hydrogen (secondary N) is 2. The van der Waals surface area contributed by atoms with Gasteiger partial charge in [0.05, 0.1) is 17.9 Å². The van der Waals surface area contributed by atoms with Gasteiger partial charge < -0.3 is 9.88 Å². The van der Waals surface area contributed by atoms with Crippen LogP contribution in [0.25, 0.3) is 0 Å². The second-order valence-electron chi connectivity index (χ2n) is 3.59. The maximum atomic E-state index is 11.3. The summed E-state index contributed by atoms with van der Waals surface area (Å²) in [5.74, 6) is 0.737. The molecule has 8 heteroatoms. The van der Waals surface area contributed by atoms with Gasteiger partial charge in [0.25, 0.3) is 5.56 Å². The minimum Gasteiger partial charge on any atom is -0.373 e. The molecule has 0 fully saturated rings. The normalized spacial score (nSPS) is 12.4. The molecular formula is C9H11ClN6O. The molecule has 1 atom stereocenters. The topological polar surface area (TPSA) is 88.5 Å². The third-order valence-corrected chi connectivity index (χ3v) is 2.68. The maximum absolute atomic E-state index is 11.3. The highest BCUT2D eigenvalue weighted by atomic mass is 35.5. The minimum atomic E-state index is -0.429. The zero-order valence-electron chi connectivity index (χ0n) is 9.31. The molecule has 0 aliphatic rings. The predicted octanol–water partition coefficient (Wildman–Crippen LogP) is 0.725. The lowest BCUT2D eigenvalue weighted by atomic mass is 10.3. The van der Waals surface area contributed by atoms with Gasteiger partial charge >= 0.3 is 0 Å². The second kappa shape index (κ2) is 4.54. The number of rotatable bonds is 3. The van der Waals surface area contributed by atoms with Crippen LogP contribution in [-0.4, -0.2) is 25.0 Å². The van der Waals surface area contributed by atoms with Crippen molar-refractivity contribution in [1.29, 1.82) is 0 Å². The fourth-order valence-corrected chi connectivity index (χ4v) is 1.61. The number of halogens is 1. The van der Waals surface area contributed by atoms with Crippen molar-refractivity contribution in [1.82, 2.24) is 25.0 Å². The van der Waals surface area contributed by atoms with Gasteiger partial charge in [0, 0.05) is 7.05 Å². The molecule has 0 radical (unpaired) electrons. The van der Waals surface area contributed by atoms with Crippen molar-refractivity contribution in [3.8, 4) is 0 Å². The highest BCUT2D eigenvalue weighted by Gasteiger charge is 2.13. The summed E-state index contributed by atoms with van der Waals surface area (Å²) in [5, 5.41) is 16.8. The van der Waals surface area contributed by atoms with E-state index in [9.17, 15) is 4.79 Å². The first kappa shape index (κ1) is 11.6. The van der Waals surface area contributed by atoms with Gasteiger partial charge in [0.15, 0.2) is 5.82 Å². The molecule has 1 unspecified atom stereocenters. The molecule has 17 heavy (non-hydrogen) atoms. The fourth-order valence-electron chi connectivity index (χ4n) is 1.47. The van der Waals surface area contributed by atoms with Gasteiger partial charge in [-0.2, -0.15) is 5.10 Å². The van der Waals surface area contributed by atoms with Crippen molar-refractivity contribution in [3.63, 3.8) is 0 Å². The standard InChI is InChI=1S/C9H11ClN6O/c1-5(8-14-12-4-16(8)2)13-6-3-11-15-9(17)7(6)10/h3-5H,1-2H3,(H2,13,15,17). The molecule has 2 N–H and O–H groups in total. The molecule has 0 saturated carbocycles. The lowest BCUT2D eigenvalue weighted by Crippen LogP contribution is -2.16. The van der Waals surface area contributed by atoms with Crippen molar-refractivity contribution < 1.29 is 0 Å². The van der Waals surface area contributed by atoms with E-state index in [1.165, 1.54) is 6.20 Å². The number of aryl methyl sites for hydroxylation is 1. The van der Waals surface area contributed by atoms with Crippen LogP contribution in [0.1, 0.15) is 18.8 Å². The molecular weight excluding hydrogens is 244 g/mol. The summed E-state index contributed by atoms with van der Waals surface area (Å²) in [5.41, 5.74) is 0.0350. The highest BCUT2D eigenvalue weighted by Crippen LogP contribution is 2.20. The van der Waals surface area contributed by atoms with E-state index in [4.69, 9.17) is 11.6 Å². The Kier molecular flexibility index (Phi) is 3.10. The quantitative estimate of drug-likeness (QED) is 0.843. The Balaban J connectivity index is 2.25. The Labute approximate surface area is 102 Å². The van der Waals surface area contributed by atoms with Crippen LogP contribution in [0.3, 0.4) is 0 Å². The smallest absolute Gasteiger partial charge is 0.285 e.